The number of hydrogen-bond donors (Lipinski definition) is 3. The van der Waals surface area contributed by atoms with E-state index >= 15 is 0 Å². The lowest BCUT2D eigenvalue weighted by Crippen LogP contribution is -2.53. The van der Waals surface area contributed by atoms with Gasteiger partial charge >= 0.3 is 29.9 Å². The third kappa shape index (κ3) is 38.3. The van der Waals surface area contributed by atoms with E-state index < -0.39 is 63.7 Å². The quantitative estimate of drug-likeness (QED) is 0.0523. The summed E-state index contributed by atoms with van der Waals surface area (Å²) >= 11 is 0. The number of unbranched alkanes of at least 4 members (excludes halogenated alkanes) is 1. The second-order valence-electron chi connectivity index (χ2n) is 28.9. The molecule has 1 aliphatic heterocycles. The first-order chi connectivity index (χ1) is 35.9. The molecular formula is C59H112N8O12. The zero-order valence-electron chi connectivity index (χ0n) is 53.3. The van der Waals surface area contributed by atoms with Gasteiger partial charge in [0, 0.05) is 91.0 Å². The number of carbonyl (C=O) groups is 7. The second-order valence-corrected chi connectivity index (χ2v) is 28.9. The largest absolute Gasteiger partial charge is 0.460 e. The van der Waals surface area contributed by atoms with Gasteiger partial charge in [-0.15, -0.1) is 0 Å². The number of rotatable bonds is 24. The predicted molar refractivity (Wildman–Crippen MR) is 310 cm³/mol. The van der Waals surface area contributed by atoms with E-state index in [9.17, 15) is 33.6 Å². The minimum atomic E-state index is -1.11. The first kappa shape index (κ1) is 72.9. The molecule has 2 atom stereocenters. The van der Waals surface area contributed by atoms with Crippen molar-refractivity contribution in [3.8, 4) is 0 Å². The molecule has 0 bridgehead atoms. The third-order valence-corrected chi connectivity index (χ3v) is 11.9. The van der Waals surface area contributed by atoms with E-state index in [1.54, 1.807) is 62.3 Å². The summed E-state index contributed by atoms with van der Waals surface area (Å²) in [6, 6.07) is -2.08. The number of nitrogens with one attached hydrogen (secondary N) is 3. The molecule has 20 heteroatoms. The average molecular weight is 1130 g/mol. The van der Waals surface area contributed by atoms with Crippen LogP contribution in [0.1, 0.15) is 178 Å². The summed E-state index contributed by atoms with van der Waals surface area (Å²) in [6.07, 6.45) is 1.41. The monoisotopic (exact) mass is 1120 g/mol. The fourth-order valence-corrected chi connectivity index (χ4v) is 8.71. The Balaban J connectivity index is 3.05. The number of ether oxygens (including phenoxy) is 5. The van der Waals surface area contributed by atoms with E-state index in [4.69, 9.17) is 23.7 Å². The number of nitrogens with zero attached hydrogens (tertiary/aromatic N) is 5. The van der Waals surface area contributed by atoms with Crippen LogP contribution in [0.5, 0.6) is 0 Å². The number of carbonyl (C=O) groups excluding carboxylic acids is 7. The van der Waals surface area contributed by atoms with Gasteiger partial charge in [0.1, 0.15) is 41.6 Å². The second kappa shape index (κ2) is 32.5. The molecule has 1 heterocycles. The van der Waals surface area contributed by atoms with Gasteiger partial charge in [-0.3, -0.25) is 33.8 Å². The number of urea groups is 1. The lowest BCUT2D eigenvalue weighted by molar-refractivity contribution is -0.160. The lowest BCUT2D eigenvalue weighted by Gasteiger charge is -2.37. The van der Waals surface area contributed by atoms with Gasteiger partial charge in [-0.2, -0.15) is 0 Å². The van der Waals surface area contributed by atoms with Crippen molar-refractivity contribution in [1.82, 2.24) is 40.4 Å². The molecule has 1 saturated heterocycles. The van der Waals surface area contributed by atoms with Gasteiger partial charge in [-0.1, -0.05) is 62.3 Å². The average Bonchev–Trinajstić information content (AvgIpc) is 3.22. The Labute approximate surface area is 477 Å². The maximum atomic E-state index is 13.7. The molecule has 0 unspecified atom stereocenters. The highest BCUT2D eigenvalue weighted by atomic mass is 16.6. The van der Waals surface area contributed by atoms with Crippen LogP contribution in [0, 0.1) is 16.2 Å². The van der Waals surface area contributed by atoms with Crippen LogP contribution in [-0.4, -0.2) is 212 Å². The smallest absolute Gasteiger partial charge is 0.329 e. The van der Waals surface area contributed by atoms with Gasteiger partial charge < -0.3 is 54.3 Å². The summed E-state index contributed by atoms with van der Waals surface area (Å²) in [7, 11) is 0. The van der Waals surface area contributed by atoms with Crippen LogP contribution >= 0.6 is 0 Å². The Morgan fingerprint density at radius 2 is 0.949 bits per heavy atom. The third-order valence-electron chi connectivity index (χ3n) is 11.9. The van der Waals surface area contributed by atoms with E-state index in [0.29, 0.717) is 45.4 Å². The molecule has 1 fully saturated rings. The summed E-state index contributed by atoms with van der Waals surface area (Å²) in [5, 5.41) is 8.69. The SMILES string of the molecule is CC(C)(C)CN1CCN(CC(=O)NCCOCC(=O)N(CCCC[C@H](NC(=O)N[C@@H](CCC(=O)OC(C)(C)C)C(=O)OC(C)(C)C)C(C)(C)C)CC(=O)OC(C)(C)C)CCN(CC(=O)OC(C)(C)C)CCN(CC(C)(C)C)CC1. The molecule has 0 aromatic heterocycles. The highest BCUT2D eigenvalue weighted by molar-refractivity contribution is 5.85. The first-order valence-corrected chi connectivity index (χ1v) is 28.8. The number of esters is 4. The van der Waals surface area contributed by atoms with Gasteiger partial charge in [-0.05, 0) is 125 Å². The van der Waals surface area contributed by atoms with Crippen LogP contribution in [-0.2, 0) is 52.5 Å². The van der Waals surface area contributed by atoms with Crippen LogP contribution in [0.4, 0.5) is 4.79 Å². The van der Waals surface area contributed by atoms with E-state index in [1.807, 2.05) is 41.5 Å². The van der Waals surface area contributed by atoms with Crippen molar-refractivity contribution in [1.29, 1.82) is 0 Å². The Hall–Kier alpha value is -4.11. The molecule has 1 rings (SSSR count). The van der Waals surface area contributed by atoms with E-state index in [0.717, 1.165) is 39.3 Å². The standard InChI is InChI=1S/C59H112N8O12/c1-53(2,3)42-65-33-31-63(29-30-64(39-49(71)77-57(13,14)15)32-34-66(36-35-65)43-54(4,5)6)38-46(68)60-27-37-75-41-47(69)67(40-50(72)78-58(16,17)18)28-23-22-24-45(55(7,8)9)62-52(74)61-44(51(73)79-59(19,20)21)25-26-48(70)76-56(10,11)12/h44-45H,22-43H2,1-21H3,(H,60,68)(H2,61,62,74)/t44-,45-/m0/s1. The highest BCUT2D eigenvalue weighted by Crippen LogP contribution is 2.25. The van der Waals surface area contributed by atoms with Crippen LogP contribution in [0.3, 0.4) is 0 Å². The van der Waals surface area contributed by atoms with Crippen molar-refractivity contribution in [2.24, 2.45) is 16.2 Å². The molecule has 3 N–H and O–H groups in total. The lowest BCUT2D eigenvalue weighted by atomic mass is 9.84. The zero-order chi connectivity index (χ0) is 60.8. The molecule has 0 saturated carbocycles. The maximum Gasteiger partial charge on any atom is 0.329 e. The summed E-state index contributed by atoms with van der Waals surface area (Å²) in [6.45, 7) is 48.4. The summed E-state index contributed by atoms with van der Waals surface area (Å²) in [5.74, 6) is -2.62. The van der Waals surface area contributed by atoms with Crippen molar-refractivity contribution < 1.29 is 57.2 Å². The number of hydrogen-bond acceptors (Lipinski definition) is 16. The van der Waals surface area contributed by atoms with E-state index in [-0.39, 0.29) is 87.5 Å². The summed E-state index contributed by atoms with van der Waals surface area (Å²) < 4.78 is 28.1. The van der Waals surface area contributed by atoms with Gasteiger partial charge in [0.25, 0.3) is 0 Å². The Morgan fingerprint density at radius 1 is 0.506 bits per heavy atom. The van der Waals surface area contributed by atoms with Gasteiger partial charge in [0.2, 0.25) is 11.8 Å². The Morgan fingerprint density at radius 3 is 1.41 bits per heavy atom. The van der Waals surface area contributed by atoms with Gasteiger partial charge in [-0.25, -0.2) is 9.59 Å². The normalized spacial score (nSPS) is 16.6. The molecule has 1 aliphatic rings. The van der Waals surface area contributed by atoms with Crippen molar-refractivity contribution in [2.45, 2.75) is 212 Å². The van der Waals surface area contributed by atoms with Crippen LogP contribution < -0.4 is 16.0 Å². The minimum absolute atomic E-state index is 0.0228. The van der Waals surface area contributed by atoms with Crippen molar-refractivity contribution in [3.05, 3.63) is 0 Å². The molecule has 0 aliphatic carbocycles. The Bertz CT molecular complexity index is 1900. The highest BCUT2D eigenvalue weighted by Gasteiger charge is 2.32. The zero-order valence-corrected chi connectivity index (χ0v) is 53.3. The van der Waals surface area contributed by atoms with E-state index in [1.165, 1.54) is 4.90 Å². The molecule has 20 nitrogen and oxygen atoms in total. The molecule has 460 valence electrons. The van der Waals surface area contributed by atoms with Crippen LogP contribution in [0.25, 0.3) is 0 Å². The van der Waals surface area contributed by atoms with Gasteiger partial charge in [0.15, 0.2) is 0 Å². The summed E-state index contributed by atoms with van der Waals surface area (Å²) in [4.78, 5) is 103. The fourth-order valence-electron chi connectivity index (χ4n) is 8.71. The predicted octanol–water partition coefficient (Wildman–Crippen LogP) is 6.66. The molecule has 0 aromatic rings. The van der Waals surface area contributed by atoms with Crippen molar-refractivity contribution in [3.63, 3.8) is 0 Å². The Kier molecular flexibility index (Phi) is 30.0. The topological polar surface area (TPSA) is 218 Å². The molecule has 0 aromatic carbocycles. The molecule has 4 amide bonds. The maximum absolute atomic E-state index is 13.7. The van der Waals surface area contributed by atoms with E-state index in [2.05, 4.69) is 77.1 Å². The van der Waals surface area contributed by atoms with Gasteiger partial charge in [0.05, 0.1) is 19.7 Å². The van der Waals surface area contributed by atoms with Crippen molar-refractivity contribution >= 4 is 41.7 Å². The van der Waals surface area contributed by atoms with Crippen LogP contribution in [0.15, 0.2) is 0 Å². The van der Waals surface area contributed by atoms with Crippen LogP contribution in [0.2, 0.25) is 0 Å². The summed E-state index contributed by atoms with van der Waals surface area (Å²) in [5.41, 5.74) is -3.15. The fraction of sp³-hybridized carbons (Fsp3) is 0.881. The molecular weight excluding hydrogens is 1010 g/mol. The molecule has 0 spiro atoms. The van der Waals surface area contributed by atoms with Crippen molar-refractivity contribution in [2.75, 3.05) is 111 Å². The molecule has 0 radical (unpaired) electrons. The first-order valence-electron chi connectivity index (χ1n) is 28.8. The minimum Gasteiger partial charge on any atom is -0.460 e. The number of amides is 4. The molecule has 79 heavy (non-hydrogen) atoms.